The normalized spacial score (nSPS) is 20.6. The average Bonchev–Trinajstić information content (AvgIpc) is 2.71. The minimum Gasteiger partial charge on any atom is -0.378 e. The van der Waals surface area contributed by atoms with Gasteiger partial charge in [-0.2, -0.15) is 5.06 Å². The van der Waals surface area contributed by atoms with Crippen molar-refractivity contribution in [2.45, 2.75) is 32.2 Å². The van der Waals surface area contributed by atoms with Crippen molar-refractivity contribution in [2.75, 3.05) is 59.2 Å². The Bertz CT molecular complexity index is 595. The van der Waals surface area contributed by atoms with Crippen LogP contribution in [0.25, 0.3) is 0 Å². The number of ether oxygens (including phenoxy) is 2. The molecule has 148 valence electrons. The molecule has 0 amide bonds. The van der Waals surface area contributed by atoms with Gasteiger partial charge in [-0.15, -0.1) is 0 Å². The second-order valence-corrected chi connectivity index (χ2v) is 7.08. The lowest BCUT2D eigenvalue weighted by Gasteiger charge is -2.25. The van der Waals surface area contributed by atoms with Gasteiger partial charge in [0.1, 0.15) is 0 Å². The standard InChI is InChI=1S/C22H32N2O3/c1-3-10-23(11-4-1)12-5-2-7-21-8-6-9-22(19-21)20-24-13-14-25-15-16-26-17-18-27-24/h6,8-9,19H,1,3-5,10-18,20H2. The molecule has 2 aliphatic rings. The van der Waals surface area contributed by atoms with Crippen molar-refractivity contribution >= 4 is 0 Å². The molecule has 0 saturated carbocycles. The lowest BCUT2D eigenvalue weighted by Crippen LogP contribution is -2.30. The third-order valence-electron chi connectivity index (χ3n) is 4.88. The molecule has 2 fully saturated rings. The number of hydroxylamine groups is 2. The summed E-state index contributed by atoms with van der Waals surface area (Å²) in [6.45, 7) is 8.17. The van der Waals surface area contributed by atoms with Crippen molar-refractivity contribution < 1.29 is 14.3 Å². The Morgan fingerprint density at radius 2 is 1.70 bits per heavy atom. The molecular formula is C22H32N2O3. The lowest BCUT2D eigenvalue weighted by atomic mass is 10.1. The van der Waals surface area contributed by atoms with E-state index in [1.807, 2.05) is 5.06 Å². The van der Waals surface area contributed by atoms with Crippen LogP contribution in [0.5, 0.6) is 0 Å². The third kappa shape index (κ3) is 8.00. The maximum Gasteiger partial charge on any atom is 0.0919 e. The summed E-state index contributed by atoms with van der Waals surface area (Å²) < 4.78 is 11.0. The van der Waals surface area contributed by atoms with E-state index in [4.69, 9.17) is 14.3 Å². The molecule has 0 N–H and O–H groups in total. The van der Waals surface area contributed by atoms with E-state index in [0.29, 0.717) is 33.0 Å². The van der Waals surface area contributed by atoms with E-state index in [9.17, 15) is 0 Å². The number of rotatable bonds is 4. The minimum absolute atomic E-state index is 0.579. The second-order valence-electron chi connectivity index (χ2n) is 7.08. The molecule has 0 bridgehead atoms. The summed E-state index contributed by atoms with van der Waals surface area (Å²) in [5.74, 6) is 6.66. The molecule has 2 saturated heterocycles. The number of likely N-dealkylation sites (tertiary alicyclic amines) is 1. The van der Waals surface area contributed by atoms with Gasteiger partial charge in [0, 0.05) is 31.6 Å². The first-order chi connectivity index (χ1) is 13.4. The Morgan fingerprint density at radius 1 is 0.889 bits per heavy atom. The number of piperidine rings is 1. The van der Waals surface area contributed by atoms with Gasteiger partial charge in [0.25, 0.3) is 0 Å². The van der Waals surface area contributed by atoms with Crippen molar-refractivity contribution in [2.24, 2.45) is 0 Å². The fourth-order valence-electron chi connectivity index (χ4n) is 3.42. The highest BCUT2D eigenvalue weighted by Crippen LogP contribution is 2.10. The van der Waals surface area contributed by atoms with Crippen LogP contribution < -0.4 is 0 Å². The van der Waals surface area contributed by atoms with E-state index in [0.717, 1.165) is 31.6 Å². The maximum atomic E-state index is 5.81. The molecule has 0 unspecified atom stereocenters. The van der Waals surface area contributed by atoms with E-state index in [2.05, 4.69) is 41.0 Å². The Kier molecular flexibility index (Phi) is 9.12. The molecule has 0 aliphatic carbocycles. The average molecular weight is 373 g/mol. The van der Waals surface area contributed by atoms with E-state index < -0.39 is 0 Å². The number of hydrogen-bond acceptors (Lipinski definition) is 5. The van der Waals surface area contributed by atoms with E-state index in [-0.39, 0.29) is 0 Å². The summed E-state index contributed by atoms with van der Waals surface area (Å²) in [7, 11) is 0. The Labute approximate surface area is 163 Å². The minimum atomic E-state index is 0.579. The van der Waals surface area contributed by atoms with Crippen LogP contribution in [0.1, 0.15) is 36.8 Å². The molecular weight excluding hydrogens is 340 g/mol. The van der Waals surface area contributed by atoms with Crippen LogP contribution in [0.3, 0.4) is 0 Å². The zero-order valence-corrected chi connectivity index (χ0v) is 16.3. The molecule has 0 atom stereocenters. The van der Waals surface area contributed by atoms with Crippen molar-refractivity contribution in [1.82, 2.24) is 9.96 Å². The lowest BCUT2D eigenvalue weighted by molar-refractivity contribution is -0.190. The van der Waals surface area contributed by atoms with Crippen molar-refractivity contribution in [3.05, 3.63) is 35.4 Å². The first kappa shape index (κ1) is 20.3. The van der Waals surface area contributed by atoms with Gasteiger partial charge in [-0.05, 0) is 43.6 Å². The highest BCUT2D eigenvalue weighted by atomic mass is 16.7. The van der Waals surface area contributed by atoms with Gasteiger partial charge in [0.2, 0.25) is 0 Å². The summed E-state index contributed by atoms with van der Waals surface area (Å²) >= 11 is 0. The van der Waals surface area contributed by atoms with E-state index >= 15 is 0 Å². The predicted molar refractivity (Wildman–Crippen MR) is 106 cm³/mol. The van der Waals surface area contributed by atoms with Gasteiger partial charge >= 0.3 is 0 Å². The zero-order chi connectivity index (χ0) is 18.6. The van der Waals surface area contributed by atoms with Crippen LogP contribution >= 0.6 is 0 Å². The summed E-state index contributed by atoms with van der Waals surface area (Å²) in [6, 6.07) is 8.44. The van der Waals surface area contributed by atoms with Crippen molar-refractivity contribution in [1.29, 1.82) is 0 Å². The summed E-state index contributed by atoms with van der Waals surface area (Å²) in [5, 5.41) is 1.96. The monoisotopic (exact) mass is 372 g/mol. The zero-order valence-electron chi connectivity index (χ0n) is 16.3. The molecule has 1 aromatic rings. The van der Waals surface area contributed by atoms with Gasteiger partial charge in [0.15, 0.2) is 0 Å². The molecule has 27 heavy (non-hydrogen) atoms. The van der Waals surface area contributed by atoms with Crippen LogP contribution in [0.4, 0.5) is 0 Å². The maximum absolute atomic E-state index is 5.81. The van der Waals surface area contributed by atoms with Crippen LogP contribution in [0.15, 0.2) is 24.3 Å². The molecule has 0 aromatic heterocycles. The molecule has 0 radical (unpaired) electrons. The third-order valence-corrected chi connectivity index (χ3v) is 4.88. The molecule has 1 aromatic carbocycles. The topological polar surface area (TPSA) is 34.2 Å². The van der Waals surface area contributed by atoms with Crippen molar-refractivity contribution in [3.8, 4) is 11.8 Å². The smallest absolute Gasteiger partial charge is 0.0919 e. The molecule has 3 rings (SSSR count). The van der Waals surface area contributed by atoms with E-state index in [1.54, 1.807) is 0 Å². The summed E-state index contributed by atoms with van der Waals surface area (Å²) in [4.78, 5) is 8.35. The summed E-state index contributed by atoms with van der Waals surface area (Å²) in [5.41, 5.74) is 2.28. The SMILES string of the molecule is C(#Cc1cccc(CN2CCOCCOCCO2)c1)CCN1CCCCC1. The molecule has 5 heteroatoms. The Morgan fingerprint density at radius 3 is 2.59 bits per heavy atom. The number of hydrogen-bond donors (Lipinski definition) is 0. The predicted octanol–water partition coefficient (Wildman–Crippen LogP) is 2.69. The van der Waals surface area contributed by atoms with Crippen LogP contribution in [-0.4, -0.2) is 69.2 Å². The van der Waals surface area contributed by atoms with Crippen molar-refractivity contribution in [3.63, 3.8) is 0 Å². The van der Waals surface area contributed by atoms with Gasteiger partial charge in [-0.3, -0.25) is 4.84 Å². The fraction of sp³-hybridized carbons (Fsp3) is 0.636. The van der Waals surface area contributed by atoms with Gasteiger partial charge < -0.3 is 14.4 Å². The highest BCUT2D eigenvalue weighted by Gasteiger charge is 2.09. The largest absolute Gasteiger partial charge is 0.378 e. The number of benzene rings is 1. The van der Waals surface area contributed by atoms with Crippen LogP contribution in [-0.2, 0) is 20.9 Å². The van der Waals surface area contributed by atoms with Crippen LogP contribution in [0.2, 0.25) is 0 Å². The fourth-order valence-corrected chi connectivity index (χ4v) is 3.42. The van der Waals surface area contributed by atoms with Crippen LogP contribution in [0, 0.1) is 11.8 Å². The molecule has 5 nitrogen and oxygen atoms in total. The van der Waals surface area contributed by atoms with Gasteiger partial charge in [-0.25, -0.2) is 0 Å². The Hall–Kier alpha value is -1.42. The highest BCUT2D eigenvalue weighted by molar-refractivity contribution is 5.37. The Balaban J connectivity index is 1.48. The first-order valence-corrected chi connectivity index (χ1v) is 10.2. The van der Waals surface area contributed by atoms with E-state index in [1.165, 1.54) is 37.9 Å². The molecule has 2 aliphatic heterocycles. The first-order valence-electron chi connectivity index (χ1n) is 10.2. The van der Waals surface area contributed by atoms with Gasteiger partial charge in [-0.1, -0.05) is 30.4 Å². The molecule has 2 heterocycles. The second kappa shape index (κ2) is 12.1. The molecule has 0 spiro atoms. The summed E-state index contributed by atoms with van der Waals surface area (Å²) in [6.07, 6.45) is 5.00. The quantitative estimate of drug-likeness (QED) is 0.759. The van der Waals surface area contributed by atoms with Gasteiger partial charge in [0.05, 0.1) is 33.0 Å². The number of nitrogens with zero attached hydrogens (tertiary/aromatic N) is 2.